The highest BCUT2D eigenvalue weighted by atomic mass is 16.5. The fourth-order valence-electron chi connectivity index (χ4n) is 3.39. The van der Waals surface area contributed by atoms with Crippen molar-refractivity contribution in [3.63, 3.8) is 0 Å². The van der Waals surface area contributed by atoms with E-state index in [2.05, 4.69) is 16.9 Å². The Labute approximate surface area is 165 Å². The molecule has 1 aliphatic heterocycles. The number of benzene rings is 1. The monoisotopic (exact) mass is 379 g/mol. The van der Waals surface area contributed by atoms with Crippen LogP contribution in [0.5, 0.6) is 0 Å². The number of aryl methyl sites for hydroxylation is 1. The van der Waals surface area contributed by atoms with Gasteiger partial charge >= 0.3 is 5.97 Å². The minimum Gasteiger partial charge on any atom is -0.452 e. The highest BCUT2D eigenvalue weighted by Gasteiger charge is 2.31. The molecule has 6 nitrogen and oxygen atoms in total. The molecule has 0 amide bonds. The van der Waals surface area contributed by atoms with Crippen LogP contribution in [-0.2, 0) is 9.53 Å². The molecule has 0 saturated heterocycles. The van der Waals surface area contributed by atoms with Crippen molar-refractivity contribution in [3.8, 4) is 0 Å². The lowest BCUT2D eigenvalue weighted by atomic mass is 9.83. The standard InChI is InChI=1S/C22H25N3O3/c1-4-5-19-21(22(27)28-13-20(26)25-11-10-23-14-25)18(12-16(3)24-19)17-8-6-15(2)7-9-17/h6-11,14,18H,4-5,12-13H2,1-3H3. The third-order valence-corrected chi connectivity index (χ3v) is 4.79. The van der Waals surface area contributed by atoms with Gasteiger partial charge in [0.05, 0.1) is 11.3 Å². The van der Waals surface area contributed by atoms with Crippen LogP contribution >= 0.6 is 0 Å². The van der Waals surface area contributed by atoms with Crippen molar-refractivity contribution >= 4 is 17.6 Å². The zero-order valence-corrected chi connectivity index (χ0v) is 16.5. The second-order valence-electron chi connectivity index (χ2n) is 7.06. The van der Waals surface area contributed by atoms with Crippen molar-refractivity contribution in [2.24, 2.45) is 4.99 Å². The van der Waals surface area contributed by atoms with Gasteiger partial charge in [0.25, 0.3) is 5.91 Å². The van der Waals surface area contributed by atoms with Gasteiger partial charge in [-0.05, 0) is 32.3 Å². The van der Waals surface area contributed by atoms with E-state index in [-0.39, 0.29) is 18.4 Å². The zero-order valence-electron chi connectivity index (χ0n) is 16.5. The molecule has 0 saturated carbocycles. The molecule has 146 valence electrons. The summed E-state index contributed by atoms with van der Waals surface area (Å²) in [6.07, 6.45) is 6.66. The van der Waals surface area contributed by atoms with Crippen molar-refractivity contribution in [1.82, 2.24) is 9.55 Å². The number of imidazole rings is 1. The van der Waals surface area contributed by atoms with Gasteiger partial charge in [0, 0.05) is 24.0 Å². The Balaban J connectivity index is 1.88. The number of rotatable bonds is 6. The topological polar surface area (TPSA) is 73.6 Å². The second kappa shape index (κ2) is 8.78. The maximum atomic E-state index is 13.0. The normalized spacial score (nSPS) is 16.7. The minimum absolute atomic E-state index is 0.115. The van der Waals surface area contributed by atoms with Gasteiger partial charge in [-0.25, -0.2) is 9.78 Å². The van der Waals surface area contributed by atoms with E-state index in [0.717, 1.165) is 29.0 Å². The minimum atomic E-state index is -0.473. The summed E-state index contributed by atoms with van der Waals surface area (Å²) >= 11 is 0. The van der Waals surface area contributed by atoms with Crippen LogP contribution in [0, 0.1) is 6.92 Å². The Morgan fingerprint density at radius 1 is 1.21 bits per heavy atom. The van der Waals surface area contributed by atoms with E-state index in [4.69, 9.17) is 4.74 Å². The fourth-order valence-corrected chi connectivity index (χ4v) is 3.39. The first kappa shape index (κ1) is 19.7. The van der Waals surface area contributed by atoms with Crippen LogP contribution in [0.4, 0.5) is 0 Å². The van der Waals surface area contributed by atoms with Crippen LogP contribution in [0.2, 0.25) is 0 Å². The molecule has 6 heteroatoms. The number of esters is 1. The molecule has 0 N–H and O–H groups in total. The average Bonchev–Trinajstić information content (AvgIpc) is 3.21. The first-order chi connectivity index (χ1) is 13.5. The fraction of sp³-hybridized carbons (Fsp3) is 0.364. The van der Waals surface area contributed by atoms with Gasteiger partial charge in [-0.3, -0.25) is 14.4 Å². The Kier molecular flexibility index (Phi) is 6.19. The number of ether oxygens (including phenoxy) is 1. The first-order valence-corrected chi connectivity index (χ1v) is 9.51. The zero-order chi connectivity index (χ0) is 20.1. The molecule has 1 unspecified atom stereocenters. The van der Waals surface area contributed by atoms with Gasteiger partial charge in [-0.15, -0.1) is 0 Å². The smallest absolute Gasteiger partial charge is 0.337 e. The Hall–Kier alpha value is -3.02. The summed E-state index contributed by atoms with van der Waals surface area (Å²) in [6.45, 7) is 5.74. The molecule has 3 rings (SSSR count). The molecule has 28 heavy (non-hydrogen) atoms. The summed E-state index contributed by atoms with van der Waals surface area (Å²) in [5.74, 6) is -0.930. The van der Waals surface area contributed by atoms with Gasteiger partial charge in [0.1, 0.15) is 6.33 Å². The second-order valence-corrected chi connectivity index (χ2v) is 7.06. The van der Waals surface area contributed by atoms with Crippen molar-refractivity contribution in [2.45, 2.75) is 46.0 Å². The summed E-state index contributed by atoms with van der Waals surface area (Å²) < 4.78 is 6.69. The van der Waals surface area contributed by atoms with Gasteiger partial charge in [-0.2, -0.15) is 0 Å². The third-order valence-electron chi connectivity index (χ3n) is 4.79. The van der Waals surface area contributed by atoms with Crippen molar-refractivity contribution in [3.05, 3.63) is 65.4 Å². The summed E-state index contributed by atoms with van der Waals surface area (Å²) in [5, 5.41) is 0. The molecule has 2 heterocycles. The molecule has 1 aromatic carbocycles. The maximum absolute atomic E-state index is 13.0. The number of hydrogen-bond donors (Lipinski definition) is 0. The molecule has 0 spiro atoms. The highest BCUT2D eigenvalue weighted by molar-refractivity contribution is 5.97. The Morgan fingerprint density at radius 3 is 2.61 bits per heavy atom. The van der Waals surface area contributed by atoms with Crippen LogP contribution in [0.3, 0.4) is 0 Å². The Morgan fingerprint density at radius 2 is 1.96 bits per heavy atom. The number of aromatic nitrogens is 2. The summed E-state index contributed by atoms with van der Waals surface area (Å²) in [5.41, 5.74) is 4.55. The van der Waals surface area contributed by atoms with E-state index >= 15 is 0 Å². The van der Waals surface area contributed by atoms with Crippen molar-refractivity contribution < 1.29 is 14.3 Å². The lowest BCUT2D eigenvalue weighted by Gasteiger charge is -2.26. The van der Waals surface area contributed by atoms with Gasteiger partial charge in [-0.1, -0.05) is 43.2 Å². The Bertz CT molecular complexity index is 909. The number of carbonyl (C=O) groups is 2. The van der Waals surface area contributed by atoms with Gasteiger partial charge in [0.2, 0.25) is 0 Å². The predicted molar refractivity (Wildman–Crippen MR) is 107 cm³/mol. The average molecular weight is 379 g/mol. The maximum Gasteiger partial charge on any atom is 0.337 e. The van der Waals surface area contributed by atoms with E-state index in [1.807, 2.05) is 38.1 Å². The van der Waals surface area contributed by atoms with Crippen molar-refractivity contribution in [1.29, 1.82) is 0 Å². The number of hydrogen-bond acceptors (Lipinski definition) is 5. The molecule has 0 aliphatic carbocycles. The molecule has 1 atom stereocenters. The van der Waals surface area contributed by atoms with Crippen molar-refractivity contribution in [2.75, 3.05) is 6.61 Å². The molecular weight excluding hydrogens is 354 g/mol. The third kappa shape index (κ3) is 4.44. The van der Waals surface area contributed by atoms with Gasteiger partial charge < -0.3 is 4.74 Å². The van der Waals surface area contributed by atoms with Crippen LogP contribution in [0.15, 0.2) is 59.2 Å². The highest BCUT2D eigenvalue weighted by Crippen LogP contribution is 2.37. The molecular formula is C22H25N3O3. The first-order valence-electron chi connectivity index (χ1n) is 9.51. The molecule has 2 aromatic rings. The number of aliphatic imine (C=N–C) groups is 1. The number of carbonyl (C=O) groups excluding carboxylic acids is 2. The van der Waals surface area contributed by atoms with Crippen LogP contribution in [0.25, 0.3) is 0 Å². The number of nitrogens with zero attached hydrogens (tertiary/aromatic N) is 3. The van der Waals surface area contributed by atoms with Gasteiger partial charge in [0.15, 0.2) is 6.61 Å². The van der Waals surface area contributed by atoms with Crippen LogP contribution in [0.1, 0.15) is 54.9 Å². The number of allylic oxidation sites excluding steroid dienone is 1. The summed E-state index contributed by atoms with van der Waals surface area (Å²) in [6, 6.07) is 8.18. The molecule has 0 bridgehead atoms. The van der Waals surface area contributed by atoms with E-state index in [0.29, 0.717) is 18.4 Å². The molecule has 0 fully saturated rings. The molecule has 1 aliphatic rings. The van der Waals surface area contributed by atoms with Crippen LogP contribution in [-0.4, -0.2) is 33.7 Å². The van der Waals surface area contributed by atoms with E-state index in [9.17, 15) is 9.59 Å². The predicted octanol–water partition coefficient (Wildman–Crippen LogP) is 4.08. The molecule has 0 radical (unpaired) electrons. The summed E-state index contributed by atoms with van der Waals surface area (Å²) in [4.78, 5) is 33.6. The quantitative estimate of drug-likeness (QED) is 0.709. The lowest BCUT2D eigenvalue weighted by Crippen LogP contribution is -2.25. The van der Waals surface area contributed by atoms with E-state index in [1.54, 1.807) is 0 Å². The van der Waals surface area contributed by atoms with Crippen LogP contribution < -0.4 is 0 Å². The lowest BCUT2D eigenvalue weighted by molar-refractivity contribution is -0.138. The van der Waals surface area contributed by atoms with E-state index in [1.165, 1.54) is 23.3 Å². The summed E-state index contributed by atoms with van der Waals surface area (Å²) in [7, 11) is 0. The van der Waals surface area contributed by atoms with E-state index < -0.39 is 5.97 Å². The largest absolute Gasteiger partial charge is 0.452 e. The SMILES string of the molecule is CCCC1=C(C(=O)OCC(=O)n2ccnc2)C(c2ccc(C)cc2)CC(C)=N1. The molecule has 1 aromatic heterocycles.